The van der Waals surface area contributed by atoms with Crippen LogP contribution in [0.4, 0.5) is 5.95 Å². The van der Waals surface area contributed by atoms with E-state index < -0.39 is 0 Å². The lowest BCUT2D eigenvalue weighted by Crippen LogP contribution is -2.00. The lowest BCUT2D eigenvalue weighted by molar-refractivity contribution is 0.827. The third-order valence-electron chi connectivity index (χ3n) is 4.12. The molecule has 5 heteroatoms. The van der Waals surface area contributed by atoms with E-state index in [1.807, 2.05) is 72.9 Å². The highest BCUT2D eigenvalue weighted by atomic mass is 79.9. The average Bonchev–Trinajstić information content (AvgIpc) is 3.01. The van der Waals surface area contributed by atoms with Crippen molar-refractivity contribution in [1.29, 1.82) is 0 Å². The predicted molar refractivity (Wildman–Crippen MR) is 112 cm³/mol. The molecule has 4 aromatic rings. The van der Waals surface area contributed by atoms with Gasteiger partial charge in [-0.25, -0.2) is 9.98 Å². The van der Waals surface area contributed by atoms with Gasteiger partial charge in [-0.05, 0) is 41.5 Å². The molecule has 1 aromatic heterocycles. The number of hydrogen-bond donors (Lipinski definition) is 0. The molecule has 0 unspecified atom stereocenters. The summed E-state index contributed by atoms with van der Waals surface area (Å²) in [5.41, 5.74) is 4.01. The Kier molecular flexibility index (Phi) is 4.87. The number of aliphatic imine (C=N–C) groups is 1. The van der Waals surface area contributed by atoms with Gasteiger partial charge < -0.3 is 4.57 Å². The minimum absolute atomic E-state index is 0.618. The van der Waals surface area contributed by atoms with Crippen molar-refractivity contribution in [2.24, 2.45) is 4.99 Å². The summed E-state index contributed by atoms with van der Waals surface area (Å²) >= 11 is 9.80. The quantitative estimate of drug-likeness (QED) is 0.356. The Morgan fingerprint density at radius 3 is 2.50 bits per heavy atom. The second-order valence-corrected chi connectivity index (χ2v) is 7.21. The minimum Gasteiger partial charge on any atom is -0.304 e. The fourth-order valence-corrected chi connectivity index (χ4v) is 3.26. The molecular formula is C21H15BrClN3. The van der Waals surface area contributed by atoms with Crippen molar-refractivity contribution in [3.05, 3.63) is 93.4 Å². The zero-order valence-corrected chi connectivity index (χ0v) is 16.2. The summed E-state index contributed by atoms with van der Waals surface area (Å²) in [6.07, 6.45) is 1.83. The lowest BCUT2D eigenvalue weighted by Gasteiger charge is -2.08. The van der Waals surface area contributed by atoms with Crippen LogP contribution in [-0.4, -0.2) is 15.8 Å². The maximum Gasteiger partial charge on any atom is 0.230 e. The Hall–Kier alpha value is -2.43. The van der Waals surface area contributed by atoms with Crippen LogP contribution >= 0.6 is 27.5 Å². The number of hydrogen-bond acceptors (Lipinski definition) is 2. The van der Waals surface area contributed by atoms with Crippen molar-refractivity contribution in [2.45, 2.75) is 6.54 Å². The van der Waals surface area contributed by atoms with Gasteiger partial charge in [-0.2, -0.15) is 0 Å². The molecule has 0 aliphatic heterocycles. The Morgan fingerprint density at radius 2 is 1.69 bits per heavy atom. The molecule has 0 spiro atoms. The Balaban J connectivity index is 1.76. The van der Waals surface area contributed by atoms with E-state index in [0.717, 1.165) is 31.7 Å². The van der Waals surface area contributed by atoms with Crippen LogP contribution in [0.3, 0.4) is 0 Å². The fraction of sp³-hybridized carbons (Fsp3) is 0.0476. The number of fused-ring (bicyclic) bond motifs is 1. The minimum atomic E-state index is 0.618. The molecule has 0 aliphatic rings. The third-order valence-corrected chi connectivity index (χ3v) is 5.02. The SMILES string of the molecule is Clc1ccccc1Cn1c(/N=C/c2ccc(Br)cc2)nc2ccccc21. The van der Waals surface area contributed by atoms with Crippen LogP contribution in [0, 0.1) is 0 Å². The summed E-state index contributed by atoms with van der Waals surface area (Å²) < 4.78 is 3.13. The summed E-state index contributed by atoms with van der Waals surface area (Å²) in [7, 11) is 0. The maximum atomic E-state index is 6.36. The van der Waals surface area contributed by atoms with Crippen molar-refractivity contribution in [1.82, 2.24) is 9.55 Å². The van der Waals surface area contributed by atoms with Gasteiger partial charge in [0.15, 0.2) is 0 Å². The van der Waals surface area contributed by atoms with Gasteiger partial charge in [0, 0.05) is 15.7 Å². The zero-order chi connectivity index (χ0) is 17.9. The van der Waals surface area contributed by atoms with E-state index >= 15 is 0 Å². The number of aromatic nitrogens is 2. The summed E-state index contributed by atoms with van der Waals surface area (Å²) in [4.78, 5) is 9.32. The number of para-hydroxylation sites is 2. The van der Waals surface area contributed by atoms with Crippen LogP contribution in [0.15, 0.2) is 82.3 Å². The van der Waals surface area contributed by atoms with Crippen LogP contribution in [0.2, 0.25) is 5.02 Å². The smallest absolute Gasteiger partial charge is 0.230 e. The summed E-state index contributed by atoms with van der Waals surface area (Å²) in [6, 6.07) is 23.9. The molecule has 0 fully saturated rings. The van der Waals surface area contributed by atoms with Crippen molar-refractivity contribution in [3.63, 3.8) is 0 Å². The average molecular weight is 425 g/mol. The van der Waals surface area contributed by atoms with Crippen LogP contribution in [-0.2, 0) is 6.54 Å². The van der Waals surface area contributed by atoms with Crippen LogP contribution in [0.25, 0.3) is 11.0 Å². The van der Waals surface area contributed by atoms with E-state index in [2.05, 4.69) is 36.5 Å². The molecule has 0 atom stereocenters. The van der Waals surface area contributed by atoms with E-state index in [4.69, 9.17) is 11.6 Å². The van der Waals surface area contributed by atoms with Gasteiger partial charge in [0.2, 0.25) is 5.95 Å². The molecule has 3 aromatic carbocycles. The summed E-state index contributed by atoms with van der Waals surface area (Å²) in [6.45, 7) is 0.618. The lowest BCUT2D eigenvalue weighted by atomic mass is 10.2. The first-order valence-electron chi connectivity index (χ1n) is 8.19. The van der Waals surface area contributed by atoms with E-state index in [1.54, 1.807) is 0 Å². The van der Waals surface area contributed by atoms with Crippen LogP contribution in [0.1, 0.15) is 11.1 Å². The highest BCUT2D eigenvalue weighted by molar-refractivity contribution is 9.10. The van der Waals surface area contributed by atoms with E-state index in [-0.39, 0.29) is 0 Å². The molecule has 0 amide bonds. The first-order chi connectivity index (χ1) is 12.7. The van der Waals surface area contributed by atoms with Crippen molar-refractivity contribution < 1.29 is 0 Å². The summed E-state index contributed by atoms with van der Waals surface area (Å²) in [5.74, 6) is 0.661. The molecule has 0 radical (unpaired) electrons. The molecule has 1 heterocycles. The van der Waals surface area contributed by atoms with Gasteiger partial charge in [0.1, 0.15) is 0 Å². The van der Waals surface area contributed by atoms with Crippen molar-refractivity contribution in [3.8, 4) is 0 Å². The molecule has 26 heavy (non-hydrogen) atoms. The van der Waals surface area contributed by atoms with Crippen molar-refractivity contribution >= 4 is 50.7 Å². The van der Waals surface area contributed by atoms with Crippen LogP contribution in [0.5, 0.6) is 0 Å². The number of halogens is 2. The Morgan fingerprint density at radius 1 is 0.962 bits per heavy atom. The standard InChI is InChI=1S/C21H15BrClN3/c22-17-11-9-15(10-12-17)13-24-21-25-19-7-3-4-8-20(19)26(21)14-16-5-1-2-6-18(16)23/h1-13H,14H2/b24-13+. The van der Waals surface area contributed by atoms with E-state index in [9.17, 15) is 0 Å². The molecule has 0 bridgehead atoms. The van der Waals surface area contributed by atoms with E-state index in [0.29, 0.717) is 12.5 Å². The van der Waals surface area contributed by atoms with Crippen LogP contribution < -0.4 is 0 Å². The maximum absolute atomic E-state index is 6.36. The molecule has 0 saturated heterocycles. The largest absolute Gasteiger partial charge is 0.304 e. The third kappa shape index (κ3) is 3.57. The summed E-state index contributed by atoms with van der Waals surface area (Å²) in [5, 5.41) is 0.744. The van der Waals surface area contributed by atoms with Gasteiger partial charge in [-0.3, -0.25) is 0 Å². The normalized spacial score (nSPS) is 11.5. The first-order valence-corrected chi connectivity index (χ1v) is 9.36. The Labute approximate surface area is 165 Å². The molecular weight excluding hydrogens is 410 g/mol. The van der Waals surface area contributed by atoms with Gasteiger partial charge in [-0.1, -0.05) is 70.0 Å². The highest BCUT2D eigenvalue weighted by Crippen LogP contribution is 2.25. The van der Waals surface area contributed by atoms with Gasteiger partial charge in [0.25, 0.3) is 0 Å². The molecule has 4 rings (SSSR count). The highest BCUT2D eigenvalue weighted by Gasteiger charge is 2.11. The van der Waals surface area contributed by atoms with Gasteiger partial charge in [0.05, 0.1) is 17.6 Å². The van der Waals surface area contributed by atoms with Gasteiger partial charge >= 0.3 is 0 Å². The van der Waals surface area contributed by atoms with Gasteiger partial charge in [-0.15, -0.1) is 0 Å². The fourth-order valence-electron chi connectivity index (χ4n) is 2.80. The number of rotatable bonds is 4. The molecule has 128 valence electrons. The predicted octanol–water partition coefficient (Wildman–Crippen LogP) is 6.25. The second-order valence-electron chi connectivity index (χ2n) is 5.89. The number of benzene rings is 3. The zero-order valence-electron chi connectivity index (χ0n) is 13.8. The van der Waals surface area contributed by atoms with Crippen molar-refractivity contribution in [2.75, 3.05) is 0 Å². The Bertz CT molecular complexity index is 1080. The molecule has 0 saturated carbocycles. The number of imidazole rings is 1. The molecule has 0 aliphatic carbocycles. The topological polar surface area (TPSA) is 30.2 Å². The monoisotopic (exact) mass is 423 g/mol. The number of nitrogens with zero attached hydrogens (tertiary/aromatic N) is 3. The second kappa shape index (κ2) is 7.44. The molecule has 3 nitrogen and oxygen atoms in total. The first kappa shape index (κ1) is 17.0. The molecule has 0 N–H and O–H groups in total. The van der Waals surface area contributed by atoms with E-state index in [1.165, 1.54) is 0 Å².